The fourth-order valence-electron chi connectivity index (χ4n) is 8.79. The molecule has 6 saturated heterocycles. The average molecular weight is 1000 g/mol. The highest BCUT2D eigenvalue weighted by atomic mass is 16.8. The second kappa shape index (κ2) is 24.2. The molecule has 0 amide bonds. The first kappa shape index (κ1) is 56.1. The summed E-state index contributed by atoms with van der Waals surface area (Å²) in [5, 5.41) is 190. The van der Waals surface area contributed by atoms with Gasteiger partial charge in [-0.25, -0.2) is 0 Å². The Balaban J connectivity index is 1.18. The Morgan fingerprint density at radius 2 is 0.603 bits per heavy atom. The molecule has 6 heterocycles. The predicted molar refractivity (Wildman–Crippen MR) is 207 cm³/mol. The van der Waals surface area contributed by atoms with Gasteiger partial charge < -0.3 is 149 Å². The summed E-state index contributed by atoms with van der Waals surface area (Å²) in [6.45, 7) is -3.46. The number of rotatable bonds is 17. The average Bonchev–Trinajstić information content (AvgIpc) is 3.33. The van der Waals surface area contributed by atoms with Crippen LogP contribution in [0.1, 0.15) is 6.92 Å². The molecule has 30 nitrogen and oxygen atoms in total. The largest absolute Gasteiger partial charge is 0.394 e. The van der Waals surface area contributed by atoms with Crippen LogP contribution in [0.4, 0.5) is 0 Å². The fourth-order valence-corrected chi connectivity index (χ4v) is 8.79. The Morgan fingerprint density at radius 1 is 0.309 bits per heavy atom. The van der Waals surface area contributed by atoms with Crippen molar-refractivity contribution in [2.75, 3.05) is 46.8 Å². The molecule has 30 heteroatoms. The molecule has 6 aliphatic rings. The van der Waals surface area contributed by atoms with Gasteiger partial charge in [0.2, 0.25) is 0 Å². The van der Waals surface area contributed by atoms with Crippen LogP contribution in [0, 0.1) is 0 Å². The van der Waals surface area contributed by atoms with Gasteiger partial charge in [-0.15, -0.1) is 0 Å². The molecular formula is C38H66O30. The van der Waals surface area contributed by atoms with Crippen LogP contribution in [-0.4, -0.2) is 323 Å². The summed E-state index contributed by atoms with van der Waals surface area (Å²) in [5.41, 5.74) is 0. The van der Waals surface area contributed by atoms with Gasteiger partial charge in [0, 0.05) is 7.11 Å². The number of hydrogen-bond acceptors (Lipinski definition) is 30. The molecular weight excluding hydrogens is 936 g/mol. The first-order valence-electron chi connectivity index (χ1n) is 21.8. The third-order valence-electron chi connectivity index (χ3n) is 12.9. The Morgan fingerprint density at radius 3 is 0.985 bits per heavy atom. The summed E-state index contributed by atoms with van der Waals surface area (Å²) >= 11 is 0. The van der Waals surface area contributed by atoms with Gasteiger partial charge in [-0.2, -0.15) is 0 Å². The van der Waals surface area contributed by atoms with Crippen molar-refractivity contribution in [3.05, 3.63) is 0 Å². The molecule has 0 aliphatic carbocycles. The van der Waals surface area contributed by atoms with E-state index in [2.05, 4.69) is 0 Å². The van der Waals surface area contributed by atoms with Crippen LogP contribution in [0.15, 0.2) is 0 Å². The van der Waals surface area contributed by atoms with Gasteiger partial charge >= 0.3 is 0 Å². The van der Waals surface area contributed by atoms with Crippen molar-refractivity contribution >= 4 is 0 Å². The van der Waals surface area contributed by atoms with Crippen LogP contribution in [0.3, 0.4) is 0 Å². The molecule has 30 atom stereocenters. The molecule has 0 bridgehead atoms. The molecule has 6 rings (SSSR count). The Kier molecular flexibility index (Phi) is 20.0. The topological polar surface area (TPSA) is 475 Å². The second-order valence-corrected chi connectivity index (χ2v) is 17.4. The van der Waals surface area contributed by atoms with Crippen molar-refractivity contribution in [1.82, 2.24) is 0 Å². The summed E-state index contributed by atoms with van der Waals surface area (Å²) in [7, 11) is 1.17. The summed E-state index contributed by atoms with van der Waals surface area (Å²) in [4.78, 5) is 0. The van der Waals surface area contributed by atoms with Gasteiger partial charge in [-0.1, -0.05) is 0 Å². The van der Waals surface area contributed by atoms with Crippen molar-refractivity contribution < 1.29 is 149 Å². The smallest absolute Gasteiger partial charge is 0.187 e. The highest BCUT2D eigenvalue weighted by Crippen LogP contribution is 2.36. The first-order valence-corrected chi connectivity index (χ1v) is 21.8. The van der Waals surface area contributed by atoms with Crippen molar-refractivity contribution in [2.24, 2.45) is 0 Å². The van der Waals surface area contributed by atoms with E-state index in [-0.39, 0.29) is 0 Å². The SMILES string of the molecule is CO[C@H]1C(CO)O[C@@H](O[C@H]2C(O)C(O)[C@@H](O[C@H]3C(CO)O[C@@H](O[C@H]4C(O)C(O)[C@@H](C)O[C@H]4CO[C@@H]4O[C@@H](CO)[C@H](O)C(O)C4O)C(O)[C@@H]3O)O[C@H]2CO[C@@H]2O[C@@H](CO)[C@H](O)C(O)C2O)C(O)[C@@H]1O. The molecule has 0 aromatic rings. The van der Waals surface area contributed by atoms with E-state index in [4.69, 9.17) is 56.8 Å². The molecule has 18 N–H and O–H groups in total. The van der Waals surface area contributed by atoms with Gasteiger partial charge in [0.05, 0.1) is 45.7 Å². The highest BCUT2D eigenvalue weighted by molar-refractivity contribution is 4.99. The lowest BCUT2D eigenvalue weighted by Crippen LogP contribution is -2.67. The zero-order valence-electron chi connectivity index (χ0n) is 36.5. The van der Waals surface area contributed by atoms with Gasteiger partial charge in [0.1, 0.15) is 146 Å². The molecule has 0 aromatic heterocycles. The van der Waals surface area contributed by atoms with Gasteiger partial charge in [-0.05, 0) is 6.92 Å². The van der Waals surface area contributed by atoms with Crippen LogP contribution < -0.4 is 0 Å². The minimum atomic E-state index is -2.19. The van der Waals surface area contributed by atoms with E-state index in [9.17, 15) is 91.9 Å². The monoisotopic (exact) mass is 1000 g/mol. The van der Waals surface area contributed by atoms with Gasteiger partial charge in [0.25, 0.3) is 0 Å². The minimum Gasteiger partial charge on any atom is -0.394 e. The zero-order chi connectivity index (χ0) is 50.0. The number of ether oxygens (including phenoxy) is 12. The maximum Gasteiger partial charge on any atom is 0.187 e. The van der Waals surface area contributed by atoms with E-state index >= 15 is 0 Å². The minimum absolute atomic E-state index is 0.630. The van der Waals surface area contributed by atoms with Crippen LogP contribution in [0.2, 0.25) is 0 Å². The van der Waals surface area contributed by atoms with E-state index in [1.54, 1.807) is 0 Å². The standard InChI is InChI=1S/C38H66O30/c1-9-16(43)21(48)32(14(60-9)7-58-34-25(52)19(46)17(44)10(3-39)61-34)67-37-28(55)23(50)31(13(6-42)64-37)66-38-29(56)24(51)33(68-36-27(54)22(49)30(57-2)12(5-41)63-36)15(65-38)8-59-35-26(53)20(47)18(45)11(4-40)62-35/h9-56H,3-8H2,1-2H3/t9-,10+,11+,12?,13?,14+,15+,16?,17+,18+,19?,20?,21?,22+,23+,24?,25?,26?,27?,28?,29?,30+,31+,32-,33-,34-,35-,36+,37+,38-/m1/s1. The quantitative estimate of drug-likeness (QED) is 0.0643. The summed E-state index contributed by atoms with van der Waals surface area (Å²) in [6, 6.07) is 0. The van der Waals surface area contributed by atoms with E-state index in [0.717, 1.165) is 0 Å². The number of methoxy groups -OCH3 is 1. The Labute approximate surface area is 386 Å². The molecule has 6 aliphatic heterocycles. The van der Waals surface area contributed by atoms with E-state index in [1.807, 2.05) is 0 Å². The van der Waals surface area contributed by atoms with Crippen molar-refractivity contribution in [2.45, 2.75) is 191 Å². The molecule has 0 radical (unpaired) electrons. The third kappa shape index (κ3) is 11.6. The molecule has 6 fully saturated rings. The molecule has 0 saturated carbocycles. The molecule has 0 spiro atoms. The maximum absolute atomic E-state index is 11.5. The lowest BCUT2D eigenvalue weighted by Gasteiger charge is -2.49. The number of hydrogen-bond donors (Lipinski definition) is 18. The summed E-state index contributed by atoms with van der Waals surface area (Å²) < 4.78 is 67.5. The van der Waals surface area contributed by atoms with Crippen LogP contribution in [-0.2, 0) is 56.8 Å². The third-order valence-corrected chi connectivity index (χ3v) is 12.9. The zero-order valence-corrected chi connectivity index (χ0v) is 36.5. The Bertz CT molecular complexity index is 1520. The maximum atomic E-state index is 11.5. The number of aliphatic hydroxyl groups excluding tert-OH is 18. The van der Waals surface area contributed by atoms with E-state index < -0.39 is 224 Å². The normalized spacial score (nSPS) is 52.8. The van der Waals surface area contributed by atoms with Crippen molar-refractivity contribution in [1.29, 1.82) is 0 Å². The van der Waals surface area contributed by atoms with Crippen molar-refractivity contribution in [3.63, 3.8) is 0 Å². The van der Waals surface area contributed by atoms with Crippen LogP contribution in [0.25, 0.3) is 0 Å². The molecule has 398 valence electrons. The summed E-state index contributed by atoms with van der Waals surface area (Å²) in [5.74, 6) is 0. The summed E-state index contributed by atoms with van der Waals surface area (Å²) in [6.07, 6.45) is -52.7. The van der Waals surface area contributed by atoms with Gasteiger partial charge in [-0.3, -0.25) is 0 Å². The molecule has 0 aromatic carbocycles. The second-order valence-electron chi connectivity index (χ2n) is 17.4. The highest BCUT2D eigenvalue weighted by Gasteiger charge is 2.56. The van der Waals surface area contributed by atoms with Gasteiger partial charge in [0.15, 0.2) is 31.5 Å². The van der Waals surface area contributed by atoms with E-state index in [0.29, 0.717) is 0 Å². The number of aliphatic hydroxyl groups is 18. The molecule has 68 heavy (non-hydrogen) atoms. The predicted octanol–water partition coefficient (Wildman–Crippen LogP) is -12.4. The lowest BCUT2D eigenvalue weighted by molar-refractivity contribution is -0.390. The molecule has 12 unspecified atom stereocenters. The van der Waals surface area contributed by atoms with Crippen LogP contribution >= 0.6 is 0 Å². The first-order chi connectivity index (χ1) is 32.2. The van der Waals surface area contributed by atoms with Crippen molar-refractivity contribution in [3.8, 4) is 0 Å². The Hall–Kier alpha value is -1.20. The lowest BCUT2D eigenvalue weighted by atomic mass is 9.94. The fraction of sp³-hybridized carbons (Fsp3) is 1.00. The van der Waals surface area contributed by atoms with E-state index in [1.165, 1.54) is 14.0 Å². The van der Waals surface area contributed by atoms with Crippen LogP contribution in [0.5, 0.6) is 0 Å².